The number of carbonyl (C=O) groups excluding carboxylic acids is 1. The lowest BCUT2D eigenvalue weighted by Gasteiger charge is -2.34. The van der Waals surface area contributed by atoms with Crippen LogP contribution >= 0.6 is 0 Å². The van der Waals surface area contributed by atoms with E-state index in [0.717, 1.165) is 5.39 Å². The fourth-order valence-corrected chi connectivity index (χ4v) is 5.26. The van der Waals surface area contributed by atoms with E-state index in [9.17, 15) is 13.2 Å². The Morgan fingerprint density at radius 1 is 1.09 bits per heavy atom. The van der Waals surface area contributed by atoms with Crippen LogP contribution in [0.25, 0.3) is 10.9 Å². The van der Waals surface area contributed by atoms with Crippen molar-refractivity contribution >= 4 is 32.7 Å². The molecule has 1 aromatic heterocycles. The molecular weight excluding hydrogens is 432 g/mol. The van der Waals surface area contributed by atoms with Gasteiger partial charge in [-0.3, -0.25) is 0 Å². The zero-order valence-electron chi connectivity index (χ0n) is 17.8. The van der Waals surface area contributed by atoms with E-state index in [4.69, 9.17) is 15.2 Å². The molecule has 168 valence electrons. The maximum Gasteiger partial charge on any atom is 0.338 e. The smallest absolute Gasteiger partial charge is 0.338 e. The van der Waals surface area contributed by atoms with E-state index in [1.807, 2.05) is 32.0 Å². The van der Waals surface area contributed by atoms with Gasteiger partial charge in [-0.25, -0.2) is 23.2 Å². The van der Waals surface area contributed by atoms with Gasteiger partial charge in [0.1, 0.15) is 5.82 Å². The summed E-state index contributed by atoms with van der Waals surface area (Å²) in [6.07, 6.45) is -0.372. The number of carbonyl (C=O) groups is 1. The molecule has 9 nitrogen and oxygen atoms in total. The fraction of sp³-hybridized carbons (Fsp3) is 0.318. The summed E-state index contributed by atoms with van der Waals surface area (Å²) in [6.45, 7) is 4.09. The fourth-order valence-electron chi connectivity index (χ4n) is 3.67. The highest BCUT2D eigenvalue weighted by Gasteiger charge is 2.32. The number of sulfonamides is 1. The lowest BCUT2D eigenvalue weighted by molar-refractivity contribution is -0.0440. The lowest BCUT2D eigenvalue weighted by Crippen LogP contribution is -2.48. The molecule has 0 saturated carbocycles. The molecule has 0 bridgehead atoms. The van der Waals surface area contributed by atoms with Crippen molar-refractivity contribution in [1.29, 1.82) is 0 Å². The number of morpholine rings is 1. The van der Waals surface area contributed by atoms with Gasteiger partial charge in [0.25, 0.3) is 0 Å². The molecule has 3 aromatic rings. The minimum absolute atomic E-state index is 0.112. The Morgan fingerprint density at radius 3 is 2.44 bits per heavy atom. The molecule has 0 radical (unpaired) electrons. The van der Waals surface area contributed by atoms with Crippen molar-refractivity contribution in [3.05, 3.63) is 59.9 Å². The molecule has 4 rings (SSSR count). The van der Waals surface area contributed by atoms with Gasteiger partial charge in [0.05, 0.1) is 28.2 Å². The minimum Gasteiger partial charge on any atom is -0.454 e. The van der Waals surface area contributed by atoms with E-state index >= 15 is 0 Å². The van der Waals surface area contributed by atoms with E-state index in [0.29, 0.717) is 11.3 Å². The third-order valence-electron chi connectivity index (χ3n) is 5.13. The maximum atomic E-state index is 12.9. The van der Waals surface area contributed by atoms with Gasteiger partial charge in [-0.2, -0.15) is 4.31 Å². The summed E-state index contributed by atoms with van der Waals surface area (Å²) in [5, 5.41) is 0.725. The maximum absolute atomic E-state index is 12.9. The lowest BCUT2D eigenvalue weighted by atomic mass is 10.2. The van der Waals surface area contributed by atoms with E-state index in [1.165, 1.54) is 28.6 Å². The quantitative estimate of drug-likeness (QED) is 0.580. The summed E-state index contributed by atoms with van der Waals surface area (Å²) in [7, 11) is -3.68. The normalized spacial score (nSPS) is 19.7. The van der Waals surface area contributed by atoms with Gasteiger partial charge in [-0.05, 0) is 50.2 Å². The van der Waals surface area contributed by atoms with E-state index < -0.39 is 16.0 Å². The molecule has 2 atom stereocenters. The first-order valence-corrected chi connectivity index (χ1v) is 11.6. The minimum atomic E-state index is -3.68. The molecule has 0 spiro atoms. The number of nitrogen functional groups attached to an aromatic ring is 1. The third-order valence-corrected chi connectivity index (χ3v) is 6.97. The highest BCUT2D eigenvalue weighted by Crippen LogP contribution is 2.22. The summed E-state index contributed by atoms with van der Waals surface area (Å²) in [6, 6.07) is 12.9. The summed E-state index contributed by atoms with van der Waals surface area (Å²) < 4.78 is 38.2. The van der Waals surface area contributed by atoms with Crippen LogP contribution < -0.4 is 5.73 Å². The molecular formula is C22H24N4O5S. The number of hydrogen-bond donors (Lipinski definition) is 1. The molecule has 2 heterocycles. The van der Waals surface area contributed by atoms with Crippen LogP contribution in [-0.4, -0.2) is 54.0 Å². The number of esters is 1. The highest BCUT2D eigenvalue weighted by atomic mass is 32.2. The third kappa shape index (κ3) is 4.57. The average molecular weight is 457 g/mol. The number of para-hydroxylation sites is 1. The van der Waals surface area contributed by atoms with Crippen LogP contribution in [0.2, 0.25) is 0 Å². The number of nitrogens with zero attached hydrogens (tertiary/aromatic N) is 3. The average Bonchev–Trinajstić information content (AvgIpc) is 2.77. The van der Waals surface area contributed by atoms with Crippen LogP contribution in [0.3, 0.4) is 0 Å². The predicted octanol–water partition coefficient (Wildman–Crippen LogP) is 2.37. The van der Waals surface area contributed by atoms with E-state index in [-0.39, 0.29) is 48.2 Å². The van der Waals surface area contributed by atoms with Crippen molar-refractivity contribution in [3.8, 4) is 0 Å². The van der Waals surface area contributed by atoms with Gasteiger partial charge >= 0.3 is 5.97 Å². The molecule has 0 aliphatic carbocycles. The van der Waals surface area contributed by atoms with Crippen molar-refractivity contribution in [2.24, 2.45) is 0 Å². The highest BCUT2D eigenvalue weighted by molar-refractivity contribution is 7.89. The van der Waals surface area contributed by atoms with Gasteiger partial charge in [-0.15, -0.1) is 0 Å². The van der Waals surface area contributed by atoms with E-state index in [2.05, 4.69) is 9.97 Å². The van der Waals surface area contributed by atoms with Gasteiger partial charge in [0.15, 0.2) is 12.4 Å². The Labute approximate surface area is 186 Å². The van der Waals surface area contributed by atoms with Crippen LogP contribution in [0, 0.1) is 0 Å². The van der Waals surface area contributed by atoms with Crippen LogP contribution in [0.4, 0.5) is 5.82 Å². The summed E-state index contributed by atoms with van der Waals surface area (Å²) in [4.78, 5) is 21.1. The molecule has 2 unspecified atom stereocenters. The Morgan fingerprint density at radius 2 is 1.75 bits per heavy atom. The number of hydrogen-bond acceptors (Lipinski definition) is 8. The molecule has 1 aliphatic rings. The molecule has 10 heteroatoms. The zero-order chi connectivity index (χ0) is 22.9. The van der Waals surface area contributed by atoms with Crippen molar-refractivity contribution in [3.63, 3.8) is 0 Å². The number of ether oxygens (including phenoxy) is 2. The SMILES string of the molecule is CC1CN(S(=O)(=O)c2ccc(C(=O)OCc3nc(N)c4ccccc4n3)cc2)CC(C)O1. The van der Waals surface area contributed by atoms with Gasteiger partial charge in [0.2, 0.25) is 10.0 Å². The number of benzene rings is 2. The standard InChI is InChI=1S/C22H24N4O5S/c1-14-11-26(12-15(2)31-14)32(28,29)17-9-7-16(8-10-17)22(27)30-13-20-24-19-6-4-3-5-18(19)21(23)25-20/h3-10,14-15H,11-13H2,1-2H3,(H2,23,24,25). The molecule has 32 heavy (non-hydrogen) atoms. The zero-order valence-corrected chi connectivity index (χ0v) is 18.6. The second-order valence-corrected chi connectivity index (χ2v) is 9.66. The monoisotopic (exact) mass is 456 g/mol. The number of fused-ring (bicyclic) bond motifs is 1. The van der Waals surface area contributed by atoms with Crippen LogP contribution in [0.1, 0.15) is 30.0 Å². The first-order chi connectivity index (χ1) is 15.2. The van der Waals surface area contributed by atoms with E-state index in [1.54, 1.807) is 6.07 Å². The molecule has 1 saturated heterocycles. The van der Waals surface area contributed by atoms with Gasteiger partial charge in [-0.1, -0.05) is 12.1 Å². The largest absolute Gasteiger partial charge is 0.454 e. The van der Waals surface area contributed by atoms with Crippen molar-refractivity contribution in [2.45, 2.75) is 37.6 Å². The van der Waals surface area contributed by atoms with Crippen molar-refractivity contribution < 1.29 is 22.7 Å². The molecule has 2 aromatic carbocycles. The Balaban J connectivity index is 1.44. The number of rotatable bonds is 5. The van der Waals surface area contributed by atoms with Crippen molar-refractivity contribution in [2.75, 3.05) is 18.8 Å². The Hall–Kier alpha value is -3.08. The summed E-state index contributed by atoms with van der Waals surface area (Å²) in [5.74, 6) is -0.0230. The number of nitrogens with two attached hydrogens (primary N) is 1. The van der Waals surface area contributed by atoms with Crippen LogP contribution in [0.5, 0.6) is 0 Å². The topological polar surface area (TPSA) is 125 Å². The number of anilines is 1. The molecule has 2 N–H and O–H groups in total. The van der Waals surface area contributed by atoms with Gasteiger partial charge in [0, 0.05) is 18.5 Å². The molecule has 0 amide bonds. The van der Waals surface area contributed by atoms with Crippen LogP contribution in [0.15, 0.2) is 53.4 Å². The Bertz CT molecular complexity index is 1240. The first-order valence-electron chi connectivity index (χ1n) is 10.2. The summed E-state index contributed by atoms with van der Waals surface area (Å²) >= 11 is 0. The molecule has 1 aliphatic heterocycles. The van der Waals surface area contributed by atoms with Crippen molar-refractivity contribution in [1.82, 2.24) is 14.3 Å². The predicted molar refractivity (Wildman–Crippen MR) is 118 cm³/mol. The summed E-state index contributed by atoms with van der Waals surface area (Å²) in [5.41, 5.74) is 6.83. The first kappa shape index (κ1) is 22.1. The van der Waals surface area contributed by atoms with Gasteiger partial charge < -0.3 is 15.2 Å². The number of aromatic nitrogens is 2. The molecule has 1 fully saturated rings. The van der Waals surface area contributed by atoms with Crippen LogP contribution in [-0.2, 0) is 26.1 Å². The second-order valence-electron chi connectivity index (χ2n) is 7.72. The Kier molecular flexibility index (Phi) is 6.09. The second kappa shape index (κ2) is 8.81.